The van der Waals surface area contributed by atoms with E-state index in [2.05, 4.69) is 10.3 Å². The molecule has 0 N–H and O–H groups in total. The first-order valence-corrected chi connectivity index (χ1v) is 18.7. The highest BCUT2D eigenvalue weighted by Crippen LogP contribution is 2.48. The molecule has 6 rings (SSSR count). The highest BCUT2D eigenvalue weighted by molar-refractivity contribution is 7.89. The van der Waals surface area contributed by atoms with Gasteiger partial charge in [-0.1, -0.05) is 72.3 Å². The zero-order valence-electron chi connectivity index (χ0n) is 27.6. The van der Waals surface area contributed by atoms with Crippen molar-refractivity contribution >= 4 is 50.0 Å². The van der Waals surface area contributed by atoms with Gasteiger partial charge in [0.15, 0.2) is 0 Å². The van der Waals surface area contributed by atoms with Crippen molar-refractivity contribution in [2.24, 2.45) is 5.41 Å². The monoisotopic (exact) mass is 706 g/mol. The van der Waals surface area contributed by atoms with Crippen molar-refractivity contribution in [2.45, 2.75) is 77.7 Å². The van der Waals surface area contributed by atoms with E-state index in [0.717, 1.165) is 32.6 Å². The summed E-state index contributed by atoms with van der Waals surface area (Å²) in [6.45, 7) is 10.8. The maximum atomic E-state index is 14.0. The fourth-order valence-corrected chi connectivity index (χ4v) is 9.48. The Balaban J connectivity index is 1.41. The number of nitrogens with zero attached hydrogens (tertiary/aromatic N) is 4. The smallest absolute Gasteiger partial charge is 0.312 e. The molecule has 0 aliphatic carbocycles. The lowest BCUT2D eigenvalue weighted by Gasteiger charge is -2.33. The van der Waals surface area contributed by atoms with Crippen LogP contribution in [0, 0.1) is 12.3 Å². The van der Waals surface area contributed by atoms with Crippen LogP contribution in [0.15, 0.2) is 77.7 Å². The molecule has 0 saturated heterocycles. The van der Waals surface area contributed by atoms with Gasteiger partial charge in [0, 0.05) is 23.9 Å². The van der Waals surface area contributed by atoms with Crippen molar-refractivity contribution in [1.29, 1.82) is 0 Å². The molecule has 12 heteroatoms. The number of benzene rings is 3. The highest BCUT2D eigenvalue weighted by atomic mass is 35.5. The molecular weight excluding hydrogens is 668 g/mol. The third kappa shape index (κ3) is 6.36. The summed E-state index contributed by atoms with van der Waals surface area (Å²) in [7, 11) is -3.88. The molecule has 5 aromatic rings. The lowest BCUT2D eigenvalue weighted by Crippen LogP contribution is -2.36. The molecule has 0 fully saturated rings. The minimum absolute atomic E-state index is 0.0559. The zero-order valence-corrected chi connectivity index (χ0v) is 30.0. The standard InChI is InChI=1S/C36H39ClN4O5S2/c1-6-26-21-40(48(43,44)31-16-12-11-15-29(31)46-26)20-25-19-30(47-34(25)37)32(27-17-18-28-33(23(27)3)38-39-41(28)7-2)36(4,5)35(42)45-22-24-13-9-8-10-14-24/h8-19,26,32H,6-7,20-22H2,1-5H3/t26-,32-/m1/s1. The van der Waals surface area contributed by atoms with Crippen LogP contribution in [0.1, 0.15) is 67.2 Å². The quantitative estimate of drug-likeness (QED) is 0.137. The number of carbonyl (C=O) groups is 1. The number of hydrogen-bond donors (Lipinski definition) is 0. The van der Waals surface area contributed by atoms with Crippen molar-refractivity contribution in [1.82, 2.24) is 19.3 Å². The second-order valence-corrected chi connectivity index (χ2v) is 16.2. The van der Waals surface area contributed by atoms with Gasteiger partial charge < -0.3 is 9.47 Å². The predicted molar refractivity (Wildman–Crippen MR) is 188 cm³/mol. The van der Waals surface area contributed by atoms with Crippen molar-refractivity contribution in [3.05, 3.63) is 104 Å². The van der Waals surface area contributed by atoms with Crippen LogP contribution in [-0.2, 0) is 39.3 Å². The molecular formula is C36H39ClN4O5S2. The molecule has 0 unspecified atom stereocenters. The molecule has 3 heterocycles. The molecule has 0 amide bonds. The molecule has 48 heavy (non-hydrogen) atoms. The van der Waals surface area contributed by atoms with Gasteiger partial charge in [0.2, 0.25) is 10.0 Å². The van der Waals surface area contributed by atoms with Crippen LogP contribution in [0.2, 0.25) is 4.34 Å². The number of halogens is 1. The molecule has 2 aromatic heterocycles. The van der Waals surface area contributed by atoms with Gasteiger partial charge in [0.25, 0.3) is 0 Å². The van der Waals surface area contributed by atoms with E-state index in [-0.39, 0.29) is 36.7 Å². The van der Waals surface area contributed by atoms with Crippen LogP contribution >= 0.6 is 22.9 Å². The lowest BCUT2D eigenvalue weighted by molar-refractivity contribution is -0.156. The predicted octanol–water partition coefficient (Wildman–Crippen LogP) is 7.74. The van der Waals surface area contributed by atoms with Gasteiger partial charge in [0.1, 0.15) is 28.9 Å². The molecule has 3 aromatic carbocycles. The van der Waals surface area contributed by atoms with Gasteiger partial charge in [-0.25, -0.2) is 13.1 Å². The largest absolute Gasteiger partial charge is 0.488 e. The molecule has 252 valence electrons. The van der Waals surface area contributed by atoms with Crippen LogP contribution in [0.25, 0.3) is 11.0 Å². The number of carbonyl (C=O) groups excluding carboxylic acids is 1. The normalized spacial score (nSPS) is 17.0. The summed E-state index contributed by atoms with van der Waals surface area (Å²) in [5.74, 6) is -0.499. The van der Waals surface area contributed by atoms with Crippen LogP contribution < -0.4 is 4.74 Å². The number of rotatable bonds is 10. The van der Waals surface area contributed by atoms with Crippen molar-refractivity contribution in [3.63, 3.8) is 0 Å². The van der Waals surface area contributed by atoms with Crippen LogP contribution in [-0.4, -0.2) is 46.3 Å². The van der Waals surface area contributed by atoms with Gasteiger partial charge >= 0.3 is 5.97 Å². The molecule has 9 nitrogen and oxygen atoms in total. The second-order valence-electron chi connectivity index (χ2n) is 12.6. The summed E-state index contributed by atoms with van der Waals surface area (Å²) in [5.41, 5.74) is 3.97. The van der Waals surface area contributed by atoms with E-state index >= 15 is 0 Å². The first-order chi connectivity index (χ1) is 22.9. The molecule has 0 saturated carbocycles. The summed E-state index contributed by atoms with van der Waals surface area (Å²) in [4.78, 5) is 14.9. The van der Waals surface area contributed by atoms with Gasteiger partial charge in [-0.15, -0.1) is 16.4 Å². The van der Waals surface area contributed by atoms with E-state index < -0.39 is 21.4 Å². The van der Waals surface area contributed by atoms with E-state index in [1.54, 1.807) is 24.3 Å². The Labute approximate surface area is 290 Å². The maximum Gasteiger partial charge on any atom is 0.312 e. The number of esters is 1. The third-order valence-corrected chi connectivity index (χ3v) is 12.4. The lowest BCUT2D eigenvalue weighted by atomic mass is 9.72. The fraction of sp³-hybridized carbons (Fsp3) is 0.361. The number of hydrogen-bond acceptors (Lipinski definition) is 8. The highest BCUT2D eigenvalue weighted by Gasteiger charge is 2.43. The number of thiophene rings is 1. The first kappa shape index (κ1) is 34.1. The van der Waals surface area contributed by atoms with Crippen LogP contribution in [0.5, 0.6) is 5.75 Å². The fourth-order valence-electron chi connectivity index (χ4n) is 6.32. The molecule has 0 bridgehead atoms. The summed E-state index contributed by atoms with van der Waals surface area (Å²) >= 11 is 8.30. The first-order valence-electron chi connectivity index (χ1n) is 16.0. The zero-order chi connectivity index (χ0) is 34.2. The van der Waals surface area contributed by atoms with Crippen molar-refractivity contribution < 1.29 is 22.7 Å². The van der Waals surface area contributed by atoms with Crippen LogP contribution in [0.3, 0.4) is 0 Å². The molecule has 1 aliphatic rings. The van der Waals surface area contributed by atoms with E-state index in [9.17, 15) is 13.2 Å². The van der Waals surface area contributed by atoms with Crippen molar-refractivity contribution in [2.75, 3.05) is 6.54 Å². The number of aryl methyl sites for hydroxylation is 2. The number of aromatic nitrogens is 3. The van der Waals surface area contributed by atoms with E-state index in [1.165, 1.54) is 15.6 Å². The molecule has 0 radical (unpaired) electrons. The van der Waals surface area contributed by atoms with E-state index in [0.29, 0.717) is 28.6 Å². The number of fused-ring (bicyclic) bond motifs is 2. The second kappa shape index (κ2) is 13.6. The average Bonchev–Trinajstić information content (AvgIpc) is 3.64. The van der Waals surface area contributed by atoms with Crippen LogP contribution in [0.4, 0.5) is 0 Å². The number of para-hydroxylation sites is 1. The minimum Gasteiger partial charge on any atom is -0.488 e. The van der Waals surface area contributed by atoms with Gasteiger partial charge in [-0.2, -0.15) is 4.31 Å². The van der Waals surface area contributed by atoms with Gasteiger partial charge in [-0.05, 0) is 80.6 Å². The third-order valence-electron chi connectivity index (χ3n) is 9.08. The molecule has 0 spiro atoms. The summed E-state index contributed by atoms with van der Waals surface area (Å²) in [6.07, 6.45) is 0.312. The van der Waals surface area contributed by atoms with E-state index in [4.69, 9.17) is 21.1 Å². The topological polar surface area (TPSA) is 104 Å². The van der Waals surface area contributed by atoms with Gasteiger partial charge in [0.05, 0.1) is 21.8 Å². The number of ether oxygens (including phenoxy) is 2. The SMILES string of the molecule is CC[C@@H]1CN(Cc2cc([C@@H](c3ccc4c(nnn4CC)c3C)C(C)(C)C(=O)OCc3ccccc3)sc2Cl)S(=O)(=O)c2ccccc2O1. The Hall–Kier alpha value is -3.77. The number of sulfonamides is 1. The minimum atomic E-state index is -3.88. The molecule has 2 atom stereocenters. The molecule has 1 aliphatic heterocycles. The van der Waals surface area contributed by atoms with E-state index in [1.807, 2.05) is 87.8 Å². The Morgan fingerprint density at radius 1 is 1.10 bits per heavy atom. The Morgan fingerprint density at radius 2 is 1.83 bits per heavy atom. The summed E-state index contributed by atoms with van der Waals surface area (Å²) in [5, 5.41) is 8.80. The van der Waals surface area contributed by atoms with Crippen molar-refractivity contribution in [3.8, 4) is 5.75 Å². The average molecular weight is 707 g/mol. The Morgan fingerprint density at radius 3 is 2.56 bits per heavy atom. The summed E-state index contributed by atoms with van der Waals surface area (Å²) in [6, 6.07) is 22.3. The summed E-state index contributed by atoms with van der Waals surface area (Å²) < 4.78 is 43.6. The maximum absolute atomic E-state index is 14.0. The Bertz CT molecular complexity index is 2060. The Kier molecular flexibility index (Phi) is 9.68. The van der Waals surface area contributed by atoms with Gasteiger partial charge in [-0.3, -0.25) is 4.79 Å².